The van der Waals surface area contributed by atoms with Crippen LogP contribution in [0.25, 0.3) is 11.1 Å². The Labute approximate surface area is 89.4 Å². The molecule has 15 heavy (non-hydrogen) atoms. The molecule has 0 atom stereocenters. The van der Waals surface area contributed by atoms with E-state index >= 15 is 0 Å². The van der Waals surface area contributed by atoms with Crippen molar-refractivity contribution in [3.63, 3.8) is 0 Å². The maximum atomic E-state index is 13.4. The van der Waals surface area contributed by atoms with E-state index in [0.717, 1.165) is 17.5 Å². The fraction of sp³-hybridized carbons (Fsp3) is 0.0714. The Morgan fingerprint density at radius 2 is 1.60 bits per heavy atom. The van der Waals surface area contributed by atoms with Gasteiger partial charge in [-0.05, 0) is 30.5 Å². The van der Waals surface area contributed by atoms with Crippen molar-refractivity contribution in [1.29, 1.82) is 0 Å². The number of hydrogen-bond donors (Lipinski definition) is 0. The Bertz CT molecular complexity index is 443. The molecule has 0 saturated carbocycles. The zero-order valence-corrected chi connectivity index (χ0v) is 8.41. The Hall–Kier alpha value is -1.63. The average Bonchev–Trinajstić information content (AvgIpc) is 2.30. The predicted octanol–water partition coefficient (Wildman–Crippen LogP) is 3.87. The highest BCUT2D eigenvalue weighted by Gasteiger charge is 2.02. The fourth-order valence-electron chi connectivity index (χ4n) is 1.55. The molecular weight excluding hydrogens is 187 g/mol. The Balaban J connectivity index is 2.42. The largest absolute Gasteiger partial charge is 0.206 e. The zero-order chi connectivity index (χ0) is 10.7. The molecule has 0 aliphatic heterocycles. The van der Waals surface area contributed by atoms with Gasteiger partial charge in [0.2, 0.25) is 0 Å². The first kappa shape index (κ1) is 9.91. The van der Waals surface area contributed by atoms with Gasteiger partial charge in [0.25, 0.3) is 0 Å². The Morgan fingerprint density at radius 1 is 0.933 bits per heavy atom. The van der Waals surface area contributed by atoms with E-state index in [1.807, 2.05) is 30.3 Å². The van der Waals surface area contributed by atoms with Crippen molar-refractivity contribution in [2.24, 2.45) is 0 Å². The van der Waals surface area contributed by atoms with Crippen molar-refractivity contribution < 1.29 is 4.39 Å². The predicted molar refractivity (Wildman–Crippen MR) is 60.9 cm³/mol. The van der Waals surface area contributed by atoms with E-state index in [4.69, 9.17) is 0 Å². The van der Waals surface area contributed by atoms with Crippen molar-refractivity contribution in [2.45, 2.75) is 6.42 Å². The van der Waals surface area contributed by atoms with Crippen molar-refractivity contribution in [3.8, 4) is 11.1 Å². The summed E-state index contributed by atoms with van der Waals surface area (Å²) in [5.41, 5.74) is 2.72. The summed E-state index contributed by atoms with van der Waals surface area (Å²) in [5.74, 6) is -0.181. The van der Waals surface area contributed by atoms with Crippen LogP contribution in [0.5, 0.6) is 0 Å². The van der Waals surface area contributed by atoms with Crippen LogP contribution < -0.4 is 0 Å². The Kier molecular flexibility index (Phi) is 2.82. The van der Waals surface area contributed by atoms with Crippen LogP contribution in [0.4, 0.5) is 4.39 Å². The molecule has 0 nitrogen and oxygen atoms in total. The summed E-state index contributed by atoms with van der Waals surface area (Å²) in [7, 11) is 0. The molecule has 0 N–H and O–H groups in total. The first-order chi connectivity index (χ1) is 7.31. The van der Waals surface area contributed by atoms with Gasteiger partial charge in [0.05, 0.1) is 0 Å². The van der Waals surface area contributed by atoms with Gasteiger partial charge in [-0.2, -0.15) is 0 Å². The van der Waals surface area contributed by atoms with E-state index < -0.39 is 0 Å². The summed E-state index contributed by atoms with van der Waals surface area (Å²) in [6.07, 6.45) is 0.761. The van der Waals surface area contributed by atoms with Gasteiger partial charge in [-0.3, -0.25) is 0 Å². The second kappa shape index (κ2) is 4.26. The second-order valence-electron chi connectivity index (χ2n) is 3.43. The van der Waals surface area contributed by atoms with Crippen LogP contribution in [0, 0.1) is 12.7 Å². The van der Waals surface area contributed by atoms with Gasteiger partial charge in [-0.15, -0.1) is 0 Å². The topological polar surface area (TPSA) is 0 Å². The highest BCUT2D eigenvalue weighted by Crippen LogP contribution is 2.22. The van der Waals surface area contributed by atoms with Crippen LogP contribution in [0.15, 0.2) is 48.5 Å². The molecule has 0 heterocycles. The first-order valence-corrected chi connectivity index (χ1v) is 4.94. The summed E-state index contributed by atoms with van der Waals surface area (Å²) in [6, 6.07) is 14.6. The van der Waals surface area contributed by atoms with Crippen molar-refractivity contribution >= 4 is 0 Å². The van der Waals surface area contributed by atoms with Crippen molar-refractivity contribution in [3.05, 3.63) is 66.8 Å². The van der Waals surface area contributed by atoms with Crippen molar-refractivity contribution in [1.82, 2.24) is 0 Å². The molecule has 0 saturated heterocycles. The van der Waals surface area contributed by atoms with Crippen LogP contribution in [-0.4, -0.2) is 0 Å². The monoisotopic (exact) mass is 199 g/mol. The Morgan fingerprint density at radius 3 is 2.20 bits per heavy atom. The molecule has 0 aliphatic rings. The third-order valence-electron chi connectivity index (χ3n) is 2.43. The normalized spacial score (nSPS) is 10.3. The number of rotatable bonds is 2. The van der Waals surface area contributed by atoms with Gasteiger partial charge in [-0.1, -0.05) is 42.5 Å². The minimum Gasteiger partial charge on any atom is -0.206 e. The molecule has 0 spiro atoms. The molecule has 0 aromatic heterocycles. The maximum Gasteiger partial charge on any atom is 0.131 e. The molecule has 0 aliphatic carbocycles. The lowest BCUT2D eigenvalue weighted by atomic mass is 10.0. The minimum atomic E-state index is -0.181. The maximum absolute atomic E-state index is 13.4. The summed E-state index contributed by atoms with van der Waals surface area (Å²) >= 11 is 0. The average molecular weight is 199 g/mol. The van der Waals surface area contributed by atoms with E-state index in [9.17, 15) is 4.39 Å². The van der Waals surface area contributed by atoms with Crippen LogP contribution in [0.3, 0.4) is 0 Å². The summed E-state index contributed by atoms with van der Waals surface area (Å²) in [4.78, 5) is 0. The van der Waals surface area contributed by atoms with Crippen LogP contribution in [0.1, 0.15) is 5.56 Å². The lowest BCUT2D eigenvalue weighted by Crippen LogP contribution is -1.84. The molecule has 75 valence electrons. The number of halogens is 1. The molecule has 1 radical (unpaired) electrons. The summed E-state index contributed by atoms with van der Waals surface area (Å²) < 4.78 is 13.4. The van der Waals surface area contributed by atoms with E-state index in [0.29, 0.717) is 5.56 Å². The van der Waals surface area contributed by atoms with E-state index in [1.54, 1.807) is 12.1 Å². The summed E-state index contributed by atoms with van der Waals surface area (Å²) in [5, 5.41) is 0. The third kappa shape index (κ3) is 2.07. The SMILES string of the molecule is [CH2]Cc1ccc(-c2ccccc2F)cc1. The standard InChI is InChI=1S/C14H12F/c1-2-11-7-9-12(10-8-11)13-5-3-4-6-14(13)15/h3-10H,1-2H2. The zero-order valence-electron chi connectivity index (χ0n) is 8.41. The fourth-order valence-corrected chi connectivity index (χ4v) is 1.55. The van der Waals surface area contributed by atoms with Crippen LogP contribution in [-0.2, 0) is 6.42 Å². The third-order valence-corrected chi connectivity index (χ3v) is 2.43. The van der Waals surface area contributed by atoms with Crippen molar-refractivity contribution in [2.75, 3.05) is 0 Å². The number of hydrogen-bond acceptors (Lipinski definition) is 0. The van der Waals surface area contributed by atoms with Gasteiger partial charge in [0.15, 0.2) is 0 Å². The molecular formula is C14H12F. The second-order valence-corrected chi connectivity index (χ2v) is 3.43. The van der Waals surface area contributed by atoms with Gasteiger partial charge >= 0.3 is 0 Å². The van der Waals surface area contributed by atoms with E-state index in [1.165, 1.54) is 6.07 Å². The quantitative estimate of drug-likeness (QED) is 0.688. The molecule has 2 aromatic carbocycles. The van der Waals surface area contributed by atoms with Crippen LogP contribution >= 0.6 is 0 Å². The molecule has 0 amide bonds. The molecule has 2 aromatic rings. The number of benzene rings is 2. The van der Waals surface area contributed by atoms with Crippen LogP contribution in [0.2, 0.25) is 0 Å². The van der Waals surface area contributed by atoms with Gasteiger partial charge in [0.1, 0.15) is 5.82 Å². The van der Waals surface area contributed by atoms with E-state index in [-0.39, 0.29) is 5.82 Å². The van der Waals surface area contributed by atoms with Gasteiger partial charge in [-0.25, -0.2) is 4.39 Å². The first-order valence-electron chi connectivity index (χ1n) is 4.94. The molecule has 1 heteroatoms. The lowest BCUT2D eigenvalue weighted by molar-refractivity contribution is 0.631. The van der Waals surface area contributed by atoms with E-state index in [2.05, 4.69) is 6.92 Å². The highest BCUT2D eigenvalue weighted by atomic mass is 19.1. The molecule has 0 bridgehead atoms. The molecule has 0 unspecified atom stereocenters. The summed E-state index contributed by atoms with van der Waals surface area (Å²) in [6.45, 7) is 3.80. The van der Waals surface area contributed by atoms with Gasteiger partial charge in [0, 0.05) is 5.56 Å². The molecule has 2 rings (SSSR count). The van der Waals surface area contributed by atoms with Gasteiger partial charge < -0.3 is 0 Å². The smallest absolute Gasteiger partial charge is 0.131 e. The molecule has 0 fully saturated rings. The minimum absolute atomic E-state index is 0.181. The highest BCUT2D eigenvalue weighted by molar-refractivity contribution is 5.64. The lowest BCUT2D eigenvalue weighted by Gasteiger charge is -2.03.